The number of para-hydroxylation sites is 2. The highest BCUT2D eigenvalue weighted by molar-refractivity contribution is 5.83. The number of nitrogens with zero attached hydrogens (tertiary/aromatic N) is 2. The molecule has 4 aromatic rings. The Bertz CT molecular complexity index is 922. The average molecular weight is 322 g/mol. The Morgan fingerprint density at radius 2 is 1.12 bits per heavy atom. The van der Waals surface area contributed by atoms with Gasteiger partial charge >= 0.3 is 0 Å². The van der Waals surface area contributed by atoms with Gasteiger partial charge in [-0.05, 0) is 36.4 Å². The summed E-state index contributed by atoms with van der Waals surface area (Å²) in [6, 6.07) is 14.4. The number of furan rings is 2. The molecule has 120 valence electrons. The Labute approximate surface area is 137 Å². The van der Waals surface area contributed by atoms with Gasteiger partial charge in [-0.25, -0.2) is 9.97 Å². The highest BCUT2D eigenvalue weighted by Crippen LogP contribution is 2.33. The number of aromatic nitrogens is 2. The third kappa shape index (κ3) is 2.47. The van der Waals surface area contributed by atoms with Crippen molar-refractivity contribution >= 4 is 11.0 Å². The van der Waals surface area contributed by atoms with Gasteiger partial charge in [-0.3, -0.25) is 0 Å². The van der Waals surface area contributed by atoms with Crippen LogP contribution in [-0.4, -0.2) is 20.2 Å². The first-order chi connectivity index (χ1) is 11.8. The van der Waals surface area contributed by atoms with Crippen molar-refractivity contribution in [2.24, 2.45) is 0 Å². The molecule has 0 fully saturated rings. The lowest BCUT2D eigenvalue weighted by atomic mass is 10.2. The normalized spacial score (nSPS) is 11.2. The summed E-state index contributed by atoms with van der Waals surface area (Å²) in [6.07, 6.45) is 0. The van der Waals surface area contributed by atoms with Gasteiger partial charge in [0.05, 0.1) is 11.0 Å². The fourth-order valence-electron chi connectivity index (χ4n) is 2.52. The molecule has 0 unspecified atom stereocenters. The first kappa shape index (κ1) is 14.6. The monoisotopic (exact) mass is 322 g/mol. The largest absolute Gasteiger partial charge is 0.457 e. The van der Waals surface area contributed by atoms with E-state index in [1.165, 1.54) is 0 Å². The highest BCUT2D eigenvalue weighted by atomic mass is 16.4. The van der Waals surface area contributed by atoms with E-state index in [1.807, 2.05) is 24.3 Å². The Morgan fingerprint density at radius 1 is 0.667 bits per heavy atom. The summed E-state index contributed by atoms with van der Waals surface area (Å²) in [4.78, 5) is 9.29. The minimum atomic E-state index is -0.189. The van der Waals surface area contributed by atoms with E-state index < -0.39 is 0 Å². The standard InChI is InChI=1S/C18H14N2O4/c21-9-11-5-7-15(23-11)17-18(16-8-6-12(10-22)24-16)20-14-4-2-1-3-13(14)19-17/h1-8,21-22H,9-10H2. The number of benzene rings is 1. The van der Waals surface area contributed by atoms with Crippen molar-refractivity contribution in [2.75, 3.05) is 0 Å². The van der Waals surface area contributed by atoms with Crippen LogP contribution in [0.2, 0.25) is 0 Å². The number of fused-ring (bicyclic) bond motifs is 1. The molecule has 6 heteroatoms. The maximum Gasteiger partial charge on any atom is 0.155 e. The van der Waals surface area contributed by atoms with Crippen LogP contribution >= 0.6 is 0 Å². The van der Waals surface area contributed by atoms with E-state index in [1.54, 1.807) is 24.3 Å². The van der Waals surface area contributed by atoms with Gasteiger partial charge in [-0.2, -0.15) is 0 Å². The molecule has 3 heterocycles. The van der Waals surface area contributed by atoms with Crippen molar-refractivity contribution in [2.45, 2.75) is 13.2 Å². The topological polar surface area (TPSA) is 92.5 Å². The van der Waals surface area contributed by atoms with Gasteiger partial charge in [-0.1, -0.05) is 12.1 Å². The van der Waals surface area contributed by atoms with Crippen molar-refractivity contribution in [3.8, 4) is 22.9 Å². The first-order valence-corrected chi connectivity index (χ1v) is 7.45. The summed E-state index contributed by atoms with van der Waals surface area (Å²) in [6.45, 7) is -0.377. The van der Waals surface area contributed by atoms with E-state index in [0.29, 0.717) is 34.4 Å². The lowest BCUT2D eigenvalue weighted by Gasteiger charge is -2.06. The molecule has 0 radical (unpaired) electrons. The predicted octanol–water partition coefficient (Wildman–Crippen LogP) is 3.13. The fourth-order valence-corrected chi connectivity index (χ4v) is 2.52. The average Bonchev–Trinajstić information content (AvgIpc) is 3.29. The first-order valence-electron chi connectivity index (χ1n) is 7.45. The zero-order valence-electron chi connectivity index (χ0n) is 12.6. The smallest absolute Gasteiger partial charge is 0.155 e. The van der Waals surface area contributed by atoms with Crippen molar-refractivity contribution < 1.29 is 19.0 Å². The van der Waals surface area contributed by atoms with Crippen LogP contribution in [0.4, 0.5) is 0 Å². The number of rotatable bonds is 4. The molecule has 0 saturated carbocycles. The molecule has 4 rings (SSSR count). The number of aliphatic hydroxyl groups excluding tert-OH is 2. The third-order valence-corrected chi connectivity index (χ3v) is 3.67. The van der Waals surface area contributed by atoms with Crippen LogP contribution in [0.25, 0.3) is 33.9 Å². The molecule has 0 atom stereocenters. The summed E-state index contributed by atoms with van der Waals surface area (Å²) in [5, 5.41) is 18.4. The number of aliphatic hydroxyl groups is 2. The van der Waals surface area contributed by atoms with Gasteiger partial charge in [0, 0.05) is 0 Å². The van der Waals surface area contributed by atoms with Gasteiger partial charge in [0.2, 0.25) is 0 Å². The van der Waals surface area contributed by atoms with E-state index in [0.717, 1.165) is 11.0 Å². The Morgan fingerprint density at radius 3 is 1.50 bits per heavy atom. The van der Waals surface area contributed by atoms with Gasteiger partial charge in [0.15, 0.2) is 11.5 Å². The van der Waals surface area contributed by atoms with Crippen molar-refractivity contribution in [1.82, 2.24) is 9.97 Å². The molecule has 0 saturated heterocycles. The van der Waals surface area contributed by atoms with Crippen molar-refractivity contribution in [1.29, 1.82) is 0 Å². The second-order valence-corrected chi connectivity index (χ2v) is 5.26. The summed E-state index contributed by atoms with van der Waals surface area (Å²) < 4.78 is 11.2. The molecular formula is C18H14N2O4. The van der Waals surface area contributed by atoms with E-state index in [9.17, 15) is 10.2 Å². The van der Waals surface area contributed by atoms with Crippen LogP contribution in [0, 0.1) is 0 Å². The summed E-state index contributed by atoms with van der Waals surface area (Å²) in [5.41, 5.74) is 2.50. The zero-order valence-corrected chi connectivity index (χ0v) is 12.6. The second kappa shape index (κ2) is 5.92. The Hall–Kier alpha value is -2.96. The second-order valence-electron chi connectivity index (χ2n) is 5.26. The zero-order chi connectivity index (χ0) is 16.5. The van der Waals surface area contributed by atoms with Crippen LogP contribution in [-0.2, 0) is 13.2 Å². The van der Waals surface area contributed by atoms with Gasteiger partial charge in [0.25, 0.3) is 0 Å². The molecule has 6 nitrogen and oxygen atoms in total. The van der Waals surface area contributed by atoms with Crippen LogP contribution in [0.1, 0.15) is 11.5 Å². The lowest BCUT2D eigenvalue weighted by molar-refractivity contribution is 0.248. The Balaban J connectivity index is 1.96. The van der Waals surface area contributed by atoms with Crippen LogP contribution in [0.3, 0.4) is 0 Å². The quantitative estimate of drug-likeness (QED) is 0.599. The van der Waals surface area contributed by atoms with Crippen molar-refractivity contribution in [3.05, 3.63) is 60.1 Å². The number of hydrogen-bond acceptors (Lipinski definition) is 6. The summed E-state index contributed by atoms with van der Waals surface area (Å²) in [5.74, 6) is 1.88. The van der Waals surface area contributed by atoms with E-state index in [4.69, 9.17) is 8.83 Å². The van der Waals surface area contributed by atoms with Gasteiger partial charge < -0.3 is 19.0 Å². The SMILES string of the molecule is OCc1ccc(-c2nc3ccccc3nc2-c2ccc(CO)o2)o1. The molecule has 3 aromatic heterocycles. The van der Waals surface area contributed by atoms with Gasteiger partial charge in [-0.15, -0.1) is 0 Å². The predicted molar refractivity (Wildman–Crippen MR) is 86.8 cm³/mol. The van der Waals surface area contributed by atoms with Crippen LogP contribution in [0.5, 0.6) is 0 Å². The van der Waals surface area contributed by atoms with Crippen molar-refractivity contribution in [3.63, 3.8) is 0 Å². The van der Waals surface area contributed by atoms with Crippen LogP contribution in [0.15, 0.2) is 57.4 Å². The third-order valence-electron chi connectivity index (χ3n) is 3.67. The number of hydrogen-bond donors (Lipinski definition) is 2. The van der Waals surface area contributed by atoms with E-state index in [2.05, 4.69) is 9.97 Å². The molecule has 24 heavy (non-hydrogen) atoms. The maximum absolute atomic E-state index is 9.22. The minimum absolute atomic E-state index is 0.189. The van der Waals surface area contributed by atoms with Gasteiger partial charge in [0.1, 0.15) is 36.1 Å². The molecule has 1 aromatic carbocycles. The molecule has 0 bridgehead atoms. The molecule has 0 spiro atoms. The summed E-state index contributed by atoms with van der Waals surface area (Å²) >= 11 is 0. The van der Waals surface area contributed by atoms with Crippen LogP contribution < -0.4 is 0 Å². The molecule has 0 aliphatic heterocycles. The Kier molecular flexibility index (Phi) is 3.60. The molecule has 0 aliphatic rings. The molecule has 0 amide bonds. The molecular weight excluding hydrogens is 308 g/mol. The minimum Gasteiger partial charge on any atom is -0.457 e. The maximum atomic E-state index is 9.22. The molecule has 0 aliphatic carbocycles. The molecule has 2 N–H and O–H groups in total. The highest BCUT2D eigenvalue weighted by Gasteiger charge is 2.18. The lowest BCUT2D eigenvalue weighted by Crippen LogP contribution is -1.94. The van der Waals surface area contributed by atoms with E-state index in [-0.39, 0.29) is 13.2 Å². The summed E-state index contributed by atoms with van der Waals surface area (Å²) in [7, 11) is 0. The van der Waals surface area contributed by atoms with E-state index >= 15 is 0 Å². The fraction of sp³-hybridized carbons (Fsp3) is 0.111.